The first-order chi connectivity index (χ1) is 15.6. The minimum absolute atomic E-state index is 0.0647. The molecule has 1 aliphatic heterocycles. The van der Waals surface area contributed by atoms with E-state index in [1.807, 2.05) is 11.6 Å². The van der Waals surface area contributed by atoms with Crippen LogP contribution in [0.5, 0.6) is 5.75 Å². The minimum atomic E-state index is -0.181. The van der Waals surface area contributed by atoms with E-state index in [9.17, 15) is 4.79 Å². The summed E-state index contributed by atoms with van der Waals surface area (Å²) < 4.78 is 8.66. The maximum absolute atomic E-state index is 12.2. The first-order valence-electron chi connectivity index (χ1n) is 10.7. The van der Waals surface area contributed by atoms with Gasteiger partial charge in [0.25, 0.3) is 0 Å². The monoisotopic (exact) mass is 450 g/mol. The zero-order valence-corrected chi connectivity index (χ0v) is 19.2. The molecule has 1 aliphatic rings. The fourth-order valence-electron chi connectivity index (χ4n) is 4.35. The molecule has 1 atom stereocenters. The maximum Gasteiger partial charge on any atom is 0.237 e. The van der Waals surface area contributed by atoms with E-state index < -0.39 is 0 Å². The molecule has 1 amide bonds. The second kappa shape index (κ2) is 8.40. The van der Waals surface area contributed by atoms with Crippen molar-refractivity contribution in [2.75, 3.05) is 26.0 Å². The van der Waals surface area contributed by atoms with Crippen LogP contribution in [0.25, 0.3) is 26.0 Å². The van der Waals surface area contributed by atoms with Gasteiger partial charge in [-0.05, 0) is 48.9 Å². The van der Waals surface area contributed by atoms with E-state index in [0.29, 0.717) is 6.54 Å². The number of rotatable bonds is 6. The van der Waals surface area contributed by atoms with Crippen molar-refractivity contribution in [1.29, 1.82) is 0 Å². The smallest absolute Gasteiger partial charge is 0.237 e. The van der Waals surface area contributed by atoms with Gasteiger partial charge in [0, 0.05) is 30.6 Å². The third-order valence-electron chi connectivity index (χ3n) is 5.89. The molecule has 1 aromatic carbocycles. The van der Waals surface area contributed by atoms with E-state index in [0.717, 1.165) is 68.3 Å². The molecule has 1 unspecified atom stereocenters. The lowest BCUT2D eigenvalue weighted by molar-refractivity contribution is -0.124. The van der Waals surface area contributed by atoms with Gasteiger partial charge in [-0.3, -0.25) is 4.79 Å². The summed E-state index contributed by atoms with van der Waals surface area (Å²) in [6, 6.07) is 8.40. The maximum atomic E-state index is 12.2. The minimum Gasteiger partial charge on any atom is -0.495 e. The molecule has 8 nitrogen and oxygen atoms in total. The number of thiophene rings is 1. The Kier molecular flexibility index (Phi) is 5.44. The number of ether oxygens (including phenoxy) is 1. The summed E-state index contributed by atoms with van der Waals surface area (Å²) in [4.78, 5) is 17.7. The Hall–Kier alpha value is -3.17. The van der Waals surface area contributed by atoms with Crippen molar-refractivity contribution >= 4 is 38.7 Å². The predicted octanol–water partition coefficient (Wildman–Crippen LogP) is 3.34. The third kappa shape index (κ3) is 3.57. The summed E-state index contributed by atoms with van der Waals surface area (Å²) >= 11 is 1.70. The highest BCUT2D eigenvalue weighted by Gasteiger charge is 2.23. The molecule has 0 spiro atoms. The number of amides is 1. The number of methoxy groups -OCH3 is 1. The number of hydrogen-bond acceptors (Lipinski definition) is 7. The molecule has 1 fully saturated rings. The van der Waals surface area contributed by atoms with Crippen molar-refractivity contribution in [3.8, 4) is 16.2 Å². The topological polar surface area (TPSA) is 92.6 Å². The highest BCUT2D eigenvalue weighted by Crippen LogP contribution is 2.42. The average Bonchev–Trinajstić information content (AvgIpc) is 3.39. The van der Waals surface area contributed by atoms with Gasteiger partial charge in [0.15, 0.2) is 5.82 Å². The van der Waals surface area contributed by atoms with E-state index >= 15 is 0 Å². The number of carbonyl (C=O) groups excluding carboxylic acids is 1. The Labute approximate surface area is 190 Å². The summed E-state index contributed by atoms with van der Waals surface area (Å²) in [7, 11) is 3.57. The molecule has 5 rings (SSSR count). The van der Waals surface area contributed by atoms with E-state index in [1.165, 1.54) is 0 Å². The van der Waals surface area contributed by atoms with Crippen LogP contribution in [-0.2, 0) is 11.3 Å². The normalized spacial score (nSPS) is 16.5. The van der Waals surface area contributed by atoms with Gasteiger partial charge in [0.1, 0.15) is 17.6 Å². The molecule has 1 saturated heterocycles. The van der Waals surface area contributed by atoms with Crippen LogP contribution in [0.2, 0.25) is 0 Å². The molecule has 0 bridgehead atoms. The lowest BCUT2D eigenvalue weighted by atomic mass is 10.1. The van der Waals surface area contributed by atoms with Crippen LogP contribution >= 0.6 is 11.3 Å². The van der Waals surface area contributed by atoms with E-state index in [4.69, 9.17) is 4.74 Å². The number of nitrogens with one attached hydrogen (secondary N) is 3. The molecule has 4 heterocycles. The largest absolute Gasteiger partial charge is 0.495 e. The Morgan fingerprint density at radius 2 is 2.19 bits per heavy atom. The van der Waals surface area contributed by atoms with E-state index in [2.05, 4.69) is 57.2 Å². The van der Waals surface area contributed by atoms with Crippen LogP contribution in [0.1, 0.15) is 24.1 Å². The number of benzene rings is 1. The molecule has 0 radical (unpaired) electrons. The first-order valence-corrected chi connectivity index (χ1v) is 11.5. The van der Waals surface area contributed by atoms with Gasteiger partial charge in [-0.25, -0.2) is 9.50 Å². The van der Waals surface area contributed by atoms with Crippen LogP contribution in [0.15, 0.2) is 30.6 Å². The van der Waals surface area contributed by atoms with Gasteiger partial charge in [0.2, 0.25) is 5.91 Å². The Morgan fingerprint density at radius 3 is 2.97 bits per heavy atom. The second-order valence-electron chi connectivity index (χ2n) is 8.03. The van der Waals surface area contributed by atoms with E-state index in [-0.39, 0.29) is 11.9 Å². The molecule has 166 valence electrons. The van der Waals surface area contributed by atoms with Gasteiger partial charge >= 0.3 is 0 Å². The summed E-state index contributed by atoms with van der Waals surface area (Å²) in [5.74, 6) is 1.71. The van der Waals surface area contributed by atoms with Crippen molar-refractivity contribution in [3.05, 3.63) is 41.9 Å². The van der Waals surface area contributed by atoms with Crippen molar-refractivity contribution in [2.45, 2.75) is 32.4 Å². The third-order valence-corrected chi connectivity index (χ3v) is 7.09. The van der Waals surface area contributed by atoms with Crippen molar-refractivity contribution in [2.24, 2.45) is 0 Å². The van der Waals surface area contributed by atoms with Crippen LogP contribution in [-0.4, -0.2) is 47.2 Å². The highest BCUT2D eigenvalue weighted by atomic mass is 32.1. The van der Waals surface area contributed by atoms with Gasteiger partial charge in [0.05, 0.1) is 23.5 Å². The number of hydrogen-bond donors (Lipinski definition) is 3. The standard InChI is InChI=1S/C23H26N6O2S/c1-13-7-14-9-19(32-21(14)18(8-13)31-3)16-10-15(11-26-17-5-4-6-25-23(17)30)29-20(16)22(24-2)27-12-28-29/h7-10,12,17,26H,4-6,11H2,1-3H3,(H,25,30)(H,24,27,28). The van der Waals surface area contributed by atoms with E-state index in [1.54, 1.807) is 24.8 Å². The Bertz CT molecular complexity index is 1310. The Balaban J connectivity index is 1.60. The summed E-state index contributed by atoms with van der Waals surface area (Å²) in [5.41, 5.74) is 4.12. The van der Waals surface area contributed by atoms with Gasteiger partial charge < -0.3 is 20.7 Å². The lowest BCUT2D eigenvalue weighted by Gasteiger charge is -2.22. The molecule has 3 aromatic heterocycles. The molecule has 0 aliphatic carbocycles. The number of piperidine rings is 1. The molecular weight excluding hydrogens is 424 g/mol. The van der Waals surface area contributed by atoms with Gasteiger partial charge in [-0.15, -0.1) is 11.3 Å². The SMILES string of the molecule is CNc1ncnn2c(CNC3CCCNC3=O)cc(-c3cc4cc(C)cc(OC)c4s3)c12. The molecule has 0 saturated carbocycles. The number of fused-ring (bicyclic) bond motifs is 2. The zero-order chi connectivity index (χ0) is 22.2. The lowest BCUT2D eigenvalue weighted by Crippen LogP contribution is -2.48. The average molecular weight is 451 g/mol. The highest BCUT2D eigenvalue weighted by molar-refractivity contribution is 7.22. The van der Waals surface area contributed by atoms with Crippen LogP contribution in [0.3, 0.4) is 0 Å². The van der Waals surface area contributed by atoms with Crippen molar-refractivity contribution < 1.29 is 9.53 Å². The molecular formula is C23H26N6O2S. The molecule has 32 heavy (non-hydrogen) atoms. The van der Waals surface area contributed by atoms with Gasteiger partial charge in [-0.1, -0.05) is 6.07 Å². The first kappa shape index (κ1) is 20.7. The summed E-state index contributed by atoms with van der Waals surface area (Å²) in [5, 5.41) is 15.2. The fraction of sp³-hybridized carbons (Fsp3) is 0.348. The van der Waals surface area contributed by atoms with Crippen molar-refractivity contribution in [3.63, 3.8) is 0 Å². The zero-order valence-electron chi connectivity index (χ0n) is 18.4. The quantitative estimate of drug-likeness (QED) is 0.417. The number of aryl methyl sites for hydroxylation is 1. The second-order valence-corrected chi connectivity index (χ2v) is 9.08. The summed E-state index contributed by atoms with van der Waals surface area (Å²) in [6.45, 7) is 3.36. The predicted molar refractivity (Wildman–Crippen MR) is 128 cm³/mol. The number of carbonyl (C=O) groups is 1. The molecule has 9 heteroatoms. The van der Waals surface area contributed by atoms with Crippen molar-refractivity contribution in [1.82, 2.24) is 25.2 Å². The van der Waals surface area contributed by atoms with Gasteiger partial charge in [-0.2, -0.15) is 5.10 Å². The van der Waals surface area contributed by atoms with Crippen LogP contribution < -0.4 is 20.7 Å². The number of nitrogens with zero attached hydrogens (tertiary/aromatic N) is 3. The summed E-state index contributed by atoms with van der Waals surface area (Å²) in [6.07, 6.45) is 3.38. The number of anilines is 1. The fourth-order valence-corrected chi connectivity index (χ4v) is 5.50. The number of aromatic nitrogens is 3. The Morgan fingerprint density at radius 1 is 1.31 bits per heavy atom. The van der Waals surface area contributed by atoms with Crippen LogP contribution in [0.4, 0.5) is 5.82 Å². The molecule has 3 N–H and O–H groups in total. The van der Waals surface area contributed by atoms with Crippen LogP contribution in [0, 0.1) is 6.92 Å². The molecule has 4 aromatic rings.